The molecule has 0 saturated carbocycles. The summed E-state index contributed by atoms with van der Waals surface area (Å²) < 4.78 is 0. The number of nitrogens with zero attached hydrogens (tertiary/aromatic N) is 1. The Hall–Kier alpha value is -1.95. The fourth-order valence-corrected chi connectivity index (χ4v) is 1.32. The number of aliphatic carboxylic acids is 1. The molecule has 6 heteroatoms. The molecule has 1 rings (SSSR count). The summed E-state index contributed by atoms with van der Waals surface area (Å²) in [6.45, 7) is 1.18. The van der Waals surface area contributed by atoms with Crippen molar-refractivity contribution in [1.29, 1.82) is 0 Å². The molecule has 1 aromatic rings. The highest BCUT2D eigenvalue weighted by molar-refractivity contribution is 5.89. The van der Waals surface area contributed by atoms with Crippen LogP contribution in [0, 0.1) is 0 Å². The summed E-state index contributed by atoms with van der Waals surface area (Å²) in [5.74, 6) is -2.45. The molecule has 0 bridgehead atoms. The maximum atomic E-state index is 10.9. The minimum Gasteiger partial charge on any atom is -0.479 e. The molecule has 0 amide bonds. The lowest BCUT2D eigenvalue weighted by molar-refractivity contribution is -0.157. The summed E-state index contributed by atoms with van der Waals surface area (Å²) in [6, 6.07) is 1.50. The van der Waals surface area contributed by atoms with E-state index in [-0.39, 0.29) is 18.4 Å². The van der Waals surface area contributed by atoms with E-state index in [4.69, 9.17) is 10.2 Å². The predicted octanol–water partition coefficient (Wildman–Crippen LogP) is 0.548. The fraction of sp³-hybridized carbons (Fsp3) is 0.364. The lowest BCUT2D eigenvalue weighted by Gasteiger charge is -2.17. The first-order valence-electron chi connectivity index (χ1n) is 4.96. The van der Waals surface area contributed by atoms with Gasteiger partial charge in [0.15, 0.2) is 5.60 Å². The van der Waals surface area contributed by atoms with Gasteiger partial charge < -0.3 is 15.3 Å². The van der Waals surface area contributed by atoms with Gasteiger partial charge in [0.2, 0.25) is 0 Å². The molecule has 0 radical (unpaired) electrons. The molecule has 3 N–H and O–H groups in total. The van der Waals surface area contributed by atoms with Crippen LogP contribution in [0.2, 0.25) is 0 Å². The van der Waals surface area contributed by atoms with Gasteiger partial charge in [-0.25, -0.2) is 9.59 Å². The second kappa shape index (κ2) is 4.92. The molecule has 0 aliphatic rings. The molecule has 17 heavy (non-hydrogen) atoms. The minimum absolute atomic E-state index is 0.0219. The van der Waals surface area contributed by atoms with Gasteiger partial charge in [0, 0.05) is 12.4 Å². The normalized spacial score (nSPS) is 14.0. The third-order valence-corrected chi connectivity index (χ3v) is 2.48. The number of hydrogen-bond donors (Lipinski definition) is 3. The van der Waals surface area contributed by atoms with Gasteiger partial charge in [-0.2, -0.15) is 0 Å². The van der Waals surface area contributed by atoms with Gasteiger partial charge in [-0.15, -0.1) is 0 Å². The van der Waals surface area contributed by atoms with Gasteiger partial charge in [0.05, 0.1) is 5.56 Å². The largest absolute Gasteiger partial charge is 0.479 e. The zero-order chi connectivity index (χ0) is 13.1. The van der Waals surface area contributed by atoms with E-state index >= 15 is 0 Å². The van der Waals surface area contributed by atoms with Gasteiger partial charge in [-0.3, -0.25) is 4.98 Å². The van der Waals surface area contributed by atoms with Crippen LogP contribution in [0.1, 0.15) is 29.3 Å². The number of rotatable bonds is 5. The van der Waals surface area contributed by atoms with Crippen molar-refractivity contribution < 1.29 is 24.9 Å². The van der Waals surface area contributed by atoms with E-state index in [0.29, 0.717) is 5.56 Å². The number of aromatic carboxylic acids is 1. The molecule has 6 nitrogen and oxygen atoms in total. The number of hydrogen-bond acceptors (Lipinski definition) is 4. The van der Waals surface area contributed by atoms with Crippen LogP contribution in [-0.4, -0.2) is 37.8 Å². The molecule has 0 aliphatic carbocycles. The molecular formula is C11H13NO5. The van der Waals surface area contributed by atoms with Crippen molar-refractivity contribution in [3.8, 4) is 0 Å². The topological polar surface area (TPSA) is 108 Å². The first-order valence-corrected chi connectivity index (χ1v) is 4.96. The Bertz CT molecular complexity index is 441. The van der Waals surface area contributed by atoms with Crippen LogP contribution in [0.15, 0.2) is 18.5 Å². The molecule has 0 spiro atoms. The van der Waals surface area contributed by atoms with Crippen LogP contribution in [0.5, 0.6) is 0 Å². The lowest BCUT2D eigenvalue weighted by atomic mass is 9.95. The number of carboxylic acids is 2. The second-order valence-electron chi connectivity index (χ2n) is 3.92. The maximum Gasteiger partial charge on any atom is 0.337 e. The predicted molar refractivity (Wildman–Crippen MR) is 57.8 cm³/mol. The highest BCUT2D eigenvalue weighted by Gasteiger charge is 2.29. The van der Waals surface area contributed by atoms with Crippen molar-refractivity contribution in [2.45, 2.75) is 25.4 Å². The van der Waals surface area contributed by atoms with Crippen molar-refractivity contribution in [2.75, 3.05) is 0 Å². The molecule has 92 valence electrons. The highest BCUT2D eigenvalue weighted by atomic mass is 16.4. The van der Waals surface area contributed by atoms with Crippen LogP contribution in [0.25, 0.3) is 0 Å². The maximum absolute atomic E-state index is 10.9. The van der Waals surface area contributed by atoms with E-state index in [1.807, 2.05) is 0 Å². The van der Waals surface area contributed by atoms with E-state index in [9.17, 15) is 14.7 Å². The summed E-state index contributed by atoms with van der Waals surface area (Å²) in [6.07, 6.45) is 2.72. The number of aliphatic hydroxyl groups is 1. The van der Waals surface area contributed by atoms with E-state index in [0.717, 1.165) is 0 Å². The Balaban J connectivity index is 2.83. The van der Waals surface area contributed by atoms with Crippen molar-refractivity contribution in [1.82, 2.24) is 4.98 Å². The monoisotopic (exact) mass is 239 g/mol. The smallest absolute Gasteiger partial charge is 0.337 e. The van der Waals surface area contributed by atoms with Gasteiger partial charge >= 0.3 is 11.9 Å². The molecule has 0 aliphatic heterocycles. The SMILES string of the molecule is CC(O)(CCc1ccncc1C(=O)O)C(=O)O. The van der Waals surface area contributed by atoms with Gasteiger partial charge in [-0.1, -0.05) is 0 Å². The Morgan fingerprint density at radius 1 is 1.41 bits per heavy atom. The summed E-state index contributed by atoms with van der Waals surface area (Å²) in [4.78, 5) is 25.2. The van der Waals surface area contributed by atoms with Gasteiger partial charge in [0.1, 0.15) is 0 Å². The molecule has 1 heterocycles. The zero-order valence-electron chi connectivity index (χ0n) is 9.25. The molecule has 1 aromatic heterocycles. The van der Waals surface area contributed by atoms with Crippen LogP contribution < -0.4 is 0 Å². The minimum atomic E-state index is -1.86. The first-order chi connectivity index (χ1) is 7.84. The standard InChI is InChI=1S/C11H13NO5/c1-11(17,10(15)16)4-2-7-3-5-12-6-8(7)9(13)14/h3,5-6,17H,2,4H2,1H3,(H,13,14)(H,15,16). The molecule has 0 saturated heterocycles. The Morgan fingerprint density at radius 3 is 2.59 bits per heavy atom. The van der Waals surface area contributed by atoms with Gasteiger partial charge in [-0.05, 0) is 31.4 Å². The number of pyridine rings is 1. The van der Waals surface area contributed by atoms with Crippen molar-refractivity contribution >= 4 is 11.9 Å². The van der Waals surface area contributed by atoms with Crippen LogP contribution >= 0.6 is 0 Å². The van der Waals surface area contributed by atoms with Crippen LogP contribution in [0.3, 0.4) is 0 Å². The lowest BCUT2D eigenvalue weighted by Crippen LogP contribution is -2.35. The quantitative estimate of drug-likeness (QED) is 0.692. The van der Waals surface area contributed by atoms with E-state index in [1.165, 1.54) is 25.4 Å². The molecule has 0 fully saturated rings. The van der Waals surface area contributed by atoms with Crippen LogP contribution in [0.4, 0.5) is 0 Å². The summed E-state index contributed by atoms with van der Waals surface area (Å²) >= 11 is 0. The van der Waals surface area contributed by atoms with Crippen molar-refractivity contribution in [2.24, 2.45) is 0 Å². The summed E-state index contributed by atoms with van der Waals surface area (Å²) in [7, 11) is 0. The Morgan fingerprint density at radius 2 is 2.06 bits per heavy atom. The molecule has 1 unspecified atom stereocenters. The first kappa shape index (κ1) is 13.1. The summed E-state index contributed by atoms with van der Waals surface area (Å²) in [5.41, 5.74) is -1.39. The highest BCUT2D eigenvalue weighted by Crippen LogP contribution is 2.16. The Labute approximate surface area is 97.5 Å². The Kier molecular flexibility index (Phi) is 3.80. The second-order valence-corrected chi connectivity index (χ2v) is 3.92. The number of aryl methyl sites for hydroxylation is 1. The van der Waals surface area contributed by atoms with Gasteiger partial charge in [0.25, 0.3) is 0 Å². The summed E-state index contributed by atoms with van der Waals surface area (Å²) in [5, 5.41) is 27.1. The van der Waals surface area contributed by atoms with E-state index in [1.54, 1.807) is 0 Å². The zero-order valence-corrected chi connectivity index (χ0v) is 9.25. The number of carboxylic acid groups (broad SMARTS) is 2. The fourth-order valence-electron chi connectivity index (χ4n) is 1.32. The number of aromatic nitrogens is 1. The third-order valence-electron chi connectivity index (χ3n) is 2.48. The number of carbonyl (C=O) groups is 2. The molecular weight excluding hydrogens is 226 g/mol. The van der Waals surface area contributed by atoms with Crippen molar-refractivity contribution in [3.05, 3.63) is 29.6 Å². The third kappa shape index (κ3) is 3.25. The van der Waals surface area contributed by atoms with E-state index < -0.39 is 17.5 Å². The molecule has 0 aromatic carbocycles. The average Bonchev–Trinajstić information content (AvgIpc) is 2.26. The van der Waals surface area contributed by atoms with Crippen molar-refractivity contribution in [3.63, 3.8) is 0 Å². The van der Waals surface area contributed by atoms with Crippen LogP contribution in [-0.2, 0) is 11.2 Å². The average molecular weight is 239 g/mol. The van der Waals surface area contributed by atoms with E-state index in [2.05, 4.69) is 4.98 Å². The molecule has 1 atom stereocenters.